The second-order valence-corrected chi connectivity index (χ2v) is 7.65. The van der Waals surface area contributed by atoms with Crippen molar-refractivity contribution in [2.24, 2.45) is 11.7 Å². The van der Waals surface area contributed by atoms with Gasteiger partial charge >= 0.3 is 0 Å². The first kappa shape index (κ1) is 15.9. The van der Waals surface area contributed by atoms with E-state index in [-0.39, 0.29) is 27.9 Å². The van der Waals surface area contributed by atoms with Crippen LogP contribution < -0.4 is 10.5 Å². The van der Waals surface area contributed by atoms with Gasteiger partial charge in [-0.25, -0.2) is 17.5 Å². The fourth-order valence-corrected chi connectivity index (χ4v) is 4.18. The minimum Gasteiger partial charge on any atom is -0.329 e. The minimum absolute atomic E-state index is 0.0744. The van der Waals surface area contributed by atoms with Crippen LogP contribution in [0.3, 0.4) is 0 Å². The summed E-state index contributed by atoms with van der Waals surface area (Å²) in [7, 11) is -3.74. The molecule has 0 amide bonds. The van der Waals surface area contributed by atoms with Crippen molar-refractivity contribution in [3.8, 4) is 0 Å². The maximum Gasteiger partial charge on any atom is 0.240 e. The highest BCUT2D eigenvalue weighted by Crippen LogP contribution is 2.28. The molecule has 1 aliphatic rings. The standard InChI is InChI=1S/C13H18BrFN2O2S/c14-11-6-5-10(7-12(11)15)20(18,19)17-13(8-16)9-3-1-2-4-9/h5-7,9,13,17H,1-4,8,16H2. The molecule has 1 saturated carbocycles. The van der Waals surface area contributed by atoms with E-state index in [1.807, 2.05) is 0 Å². The maximum absolute atomic E-state index is 13.5. The van der Waals surface area contributed by atoms with Gasteiger partial charge in [-0.15, -0.1) is 0 Å². The fourth-order valence-electron chi connectivity index (χ4n) is 2.61. The Balaban J connectivity index is 2.18. The second kappa shape index (κ2) is 6.51. The molecule has 20 heavy (non-hydrogen) atoms. The van der Waals surface area contributed by atoms with Crippen LogP contribution in [0.25, 0.3) is 0 Å². The molecule has 1 unspecified atom stereocenters. The highest BCUT2D eigenvalue weighted by molar-refractivity contribution is 9.10. The monoisotopic (exact) mass is 364 g/mol. The van der Waals surface area contributed by atoms with Crippen LogP contribution in [0.2, 0.25) is 0 Å². The van der Waals surface area contributed by atoms with Crippen LogP contribution in [-0.2, 0) is 10.0 Å². The summed E-state index contributed by atoms with van der Waals surface area (Å²) >= 11 is 3.00. The Bertz CT molecular complexity index is 574. The third-order valence-corrected chi connectivity index (χ3v) is 5.86. The van der Waals surface area contributed by atoms with Crippen molar-refractivity contribution in [1.82, 2.24) is 4.72 Å². The zero-order chi connectivity index (χ0) is 14.8. The van der Waals surface area contributed by atoms with E-state index in [0.717, 1.165) is 31.7 Å². The van der Waals surface area contributed by atoms with Crippen molar-refractivity contribution in [3.63, 3.8) is 0 Å². The maximum atomic E-state index is 13.5. The number of nitrogens with two attached hydrogens (primary N) is 1. The number of halogens is 2. The number of rotatable bonds is 5. The smallest absolute Gasteiger partial charge is 0.240 e. The second-order valence-electron chi connectivity index (χ2n) is 5.08. The predicted molar refractivity (Wildman–Crippen MR) is 79.2 cm³/mol. The van der Waals surface area contributed by atoms with E-state index < -0.39 is 15.8 Å². The lowest BCUT2D eigenvalue weighted by molar-refractivity contribution is 0.405. The molecule has 0 bridgehead atoms. The molecule has 0 spiro atoms. The van der Waals surface area contributed by atoms with Crippen LogP contribution >= 0.6 is 15.9 Å². The van der Waals surface area contributed by atoms with Gasteiger partial charge in [0.25, 0.3) is 0 Å². The lowest BCUT2D eigenvalue weighted by Crippen LogP contribution is -2.44. The van der Waals surface area contributed by atoms with Gasteiger partial charge in [-0.05, 0) is 52.9 Å². The van der Waals surface area contributed by atoms with Gasteiger partial charge in [-0.1, -0.05) is 12.8 Å². The molecule has 1 aromatic carbocycles. The molecular weight excluding hydrogens is 347 g/mol. The van der Waals surface area contributed by atoms with Gasteiger partial charge in [-0.2, -0.15) is 0 Å². The van der Waals surface area contributed by atoms with Crippen molar-refractivity contribution < 1.29 is 12.8 Å². The molecule has 0 radical (unpaired) electrons. The number of benzene rings is 1. The average molecular weight is 365 g/mol. The van der Waals surface area contributed by atoms with E-state index in [1.165, 1.54) is 12.1 Å². The Labute approximate surface area is 127 Å². The Morgan fingerprint density at radius 1 is 1.40 bits per heavy atom. The van der Waals surface area contributed by atoms with Crippen LogP contribution in [0, 0.1) is 11.7 Å². The molecule has 2 rings (SSSR count). The lowest BCUT2D eigenvalue weighted by Gasteiger charge is -2.23. The van der Waals surface area contributed by atoms with E-state index in [2.05, 4.69) is 20.7 Å². The molecule has 4 nitrogen and oxygen atoms in total. The molecule has 0 aliphatic heterocycles. The Morgan fingerprint density at radius 3 is 2.60 bits per heavy atom. The van der Waals surface area contributed by atoms with E-state index >= 15 is 0 Å². The molecule has 0 saturated heterocycles. The minimum atomic E-state index is -3.74. The molecule has 0 aromatic heterocycles. The molecule has 3 N–H and O–H groups in total. The van der Waals surface area contributed by atoms with Gasteiger partial charge < -0.3 is 5.73 Å². The summed E-state index contributed by atoms with van der Waals surface area (Å²) in [6.07, 6.45) is 4.18. The van der Waals surface area contributed by atoms with Crippen molar-refractivity contribution in [3.05, 3.63) is 28.5 Å². The normalized spacial score (nSPS) is 18.4. The SMILES string of the molecule is NCC(NS(=O)(=O)c1ccc(Br)c(F)c1)C1CCCC1. The number of nitrogens with one attached hydrogen (secondary N) is 1. The molecule has 1 aromatic rings. The third-order valence-electron chi connectivity index (χ3n) is 3.73. The topological polar surface area (TPSA) is 72.2 Å². The highest BCUT2D eigenvalue weighted by atomic mass is 79.9. The van der Waals surface area contributed by atoms with Crippen LogP contribution in [0.1, 0.15) is 25.7 Å². The van der Waals surface area contributed by atoms with Crippen molar-refractivity contribution >= 4 is 26.0 Å². The first-order chi connectivity index (χ1) is 9.44. The average Bonchev–Trinajstić information content (AvgIpc) is 2.93. The molecular formula is C13H18BrFN2O2S. The molecule has 7 heteroatoms. The predicted octanol–water partition coefficient (Wildman–Crippen LogP) is 2.38. The van der Waals surface area contributed by atoms with Crippen LogP contribution in [0.4, 0.5) is 4.39 Å². The van der Waals surface area contributed by atoms with Crippen molar-refractivity contribution in [2.75, 3.05) is 6.54 Å². The summed E-state index contributed by atoms with van der Waals surface area (Å²) in [6.45, 7) is 0.253. The van der Waals surface area contributed by atoms with Crippen molar-refractivity contribution in [2.45, 2.75) is 36.6 Å². The van der Waals surface area contributed by atoms with E-state index in [9.17, 15) is 12.8 Å². The van der Waals surface area contributed by atoms with Gasteiger partial charge in [0, 0.05) is 12.6 Å². The largest absolute Gasteiger partial charge is 0.329 e. The Morgan fingerprint density at radius 2 is 2.05 bits per heavy atom. The molecule has 1 atom stereocenters. The Kier molecular flexibility index (Phi) is 5.17. The van der Waals surface area contributed by atoms with Gasteiger partial charge in [0.05, 0.1) is 9.37 Å². The van der Waals surface area contributed by atoms with E-state index in [4.69, 9.17) is 5.73 Å². The Hall–Kier alpha value is -0.500. The van der Waals surface area contributed by atoms with Crippen LogP contribution in [-0.4, -0.2) is 21.0 Å². The van der Waals surface area contributed by atoms with Crippen LogP contribution in [0.15, 0.2) is 27.6 Å². The molecule has 1 aliphatic carbocycles. The van der Waals surface area contributed by atoms with Gasteiger partial charge in [0.15, 0.2) is 0 Å². The van der Waals surface area contributed by atoms with Crippen molar-refractivity contribution in [1.29, 1.82) is 0 Å². The van der Waals surface area contributed by atoms with E-state index in [0.29, 0.717) is 0 Å². The van der Waals surface area contributed by atoms with E-state index in [1.54, 1.807) is 0 Å². The van der Waals surface area contributed by atoms with Crippen LogP contribution in [0.5, 0.6) is 0 Å². The summed E-state index contributed by atoms with van der Waals surface area (Å²) in [5, 5.41) is 0. The summed E-state index contributed by atoms with van der Waals surface area (Å²) in [5.41, 5.74) is 5.68. The molecule has 112 valence electrons. The number of hydrogen-bond donors (Lipinski definition) is 2. The number of sulfonamides is 1. The fraction of sp³-hybridized carbons (Fsp3) is 0.538. The summed E-state index contributed by atoms with van der Waals surface area (Å²) < 4.78 is 40.9. The number of hydrogen-bond acceptors (Lipinski definition) is 3. The summed E-state index contributed by atoms with van der Waals surface area (Å²) in [6, 6.07) is 3.48. The van der Waals surface area contributed by atoms with Gasteiger partial charge in [-0.3, -0.25) is 0 Å². The molecule has 0 heterocycles. The quantitative estimate of drug-likeness (QED) is 0.842. The lowest BCUT2D eigenvalue weighted by atomic mass is 9.99. The summed E-state index contributed by atoms with van der Waals surface area (Å²) in [5.74, 6) is -0.326. The zero-order valence-electron chi connectivity index (χ0n) is 11.0. The third kappa shape index (κ3) is 3.58. The van der Waals surface area contributed by atoms with Gasteiger partial charge in [0.2, 0.25) is 10.0 Å². The highest BCUT2D eigenvalue weighted by Gasteiger charge is 2.28. The zero-order valence-corrected chi connectivity index (χ0v) is 13.4. The first-order valence-corrected chi connectivity index (χ1v) is 8.89. The molecule has 1 fully saturated rings. The van der Waals surface area contributed by atoms with Gasteiger partial charge in [0.1, 0.15) is 5.82 Å². The summed E-state index contributed by atoms with van der Waals surface area (Å²) in [4.78, 5) is -0.0744. The first-order valence-electron chi connectivity index (χ1n) is 6.61.